The number of ether oxygens (including phenoxy) is 1. The number of methoxy groups -OCH3 is 1. The molecular formula is C20H36O2. The standard InChI is InChI=1S/C20H36O2/c1-13(9-10-18(21)22-6)19-14(2)12-17-16(15(19)3)8-7-11-20(17,4)5/h13-17,19H,7-12H2,1-6H3/t13?,14-,15-,16?,17?,19+/m1/s1. The molecule has 2 aliphatic rings. The van der Waals surface area contributed by atoms with Crippen LogP contribution in [0, 0.1) is 40.9 Å². The molecule has 128 valence electrons. The van der Waals surface area contributed by atoms with Crippen LogP contribution in [0.1, 0.15) is 73.1 Å². The third kappa shape index (κ3) is 3.51. The zero-order chi connectivity index (χ0) is 16.5. The molecule has 0 saturated heterocycles. The minimum atomic E-state index is -0.0559. The van der Waals surface area contributed by atoms with Crippen molar-refractivity contribution in [1.29, 1.82) is 0 Å². The van der Waals surface area contributed by atoms with Crippen LogP contribution in [0.4, 0.5) is 0 Å². The molecule has 0 bridgehead atoms. The van der Waals surface area contributed by atoms with Gasteiger partial charge >= 0.3 is 5.97 Å². The van der Waals surface area contributed by atoms with Crippen molar-refractivity contribution in [2.45, 2.75) is 73.1 Å². The molecule has 2 fully saturated rings. The Balaban J connectivity index is 2.06. The Morgan fingerprint density at radius 2 is 2.00 bits per heavy atom. The first-order valence-corrected chi connectivity index (χ1v) is 9.34. The minimum Gasteiger partial charge on any atom is -0.469 e. The quantitative estimate of drug-likeness (QED) is 0.658. The first-order valence-electron chi connectivity index (χ1n) is 9.34. The average molecular weight is 309 g/mol. The van der Waals surface area contributed by atoms with Crippen molar-refractivity contribution >= 4 is 5.97 Å². The van der Waals surface area contributed by atoms with Gasteiger partial charge in [0.1, 0.15) is 0 Å². The molecule has 3 unspecified atom stereocenters. The fraction of sp³-hybridized carbons (Fsp3) is 0.950. The number of hydrogen-bond acceptors (Lipinski definition) is 2. The van der Waals surface area contributed by atoms with Gasteiger partial charge in [-0.2, -0.15) is 0 Å². The third-order valence-electron chi connectivity index (χ3n) is 7.13. The van der Waals surface area contributed by atoms with Gasteiger partial charge in [-0.3, -0.25) is 4.79 Å². The van der Waals surface area contributed by atoms with Crippen molar-refractivity contribution in [3.8, 4) is 0 Å². The maximum Gasteiger partial charge on any atom is 0.305 e. The summed E-state index contributed by atoms with van der Waals surface area (Å²) in [5.74, 6) is 4.69. The molecule has 0 heterocycles. The van der Waals surface area contributed by atoms with Gasteiger partial charge in [0.25, 0.3) is 0 Å². The van der Waals surface area contributed by atoms with Crippen molar-refractivity contribution in [3.63, 3.8) is 0 Å². The number of carbonyl (C=O) groups excluding carboxylic acids is 1. The van der Waals surface area contributed by atoms with Crippen LogP contribution in [0.25, 0.3) is 0 Å². The molecule has 0 aromatic carbocycles. The molecular weight excluding hydrogens is 272 g/mol. The SMILES string of the molecule is COC(=O)CCC(C)[C@H]1[C@H](C)CC2C(CCCC2(C)C)[C@H]1C. The van der Waals surface area contributed by atoms with Crippen molar-refractivity contribution in [1.82, 2.24) is 0 Å². The summed E-state index contributed by atoms with van der Waals surface area (Å²) in [6.45, 7) is 12.3. The molecule has 0 aliphatic heterocycles. The molecule has 6 atom stereocenters. The van der Waals surface area contributed by atoms with E-state index in [4.69, 9.17) is 4.74 Å². The van der Waals surface area contributed by atoms with Gasteiger partial charge in [-0.25, -0.2) is 0 Å². The van der Waals surface area contributed by atoms with E-state index in [1.807, 2.05) is 0 Å². The number of esters is 1. The van der Waals surface area contributed by atoms with Crippen LogP contribution in [-0.2, 0) is 9.53 Å². The number of rotatable bonds is 4. The van der Waals surface area contributed by atoms with E-state index in [0.29, 0.717) is 17.8 Å². The van der Waals surface area contributed by atoms with Gasteiger partial charge in [0.05, 0.1) is 7.11 Å². The smallest absolute Gasteiger partial charge is 0.305 e. The lowest BCUT2D eigenvalue weighted by Crippen LogP contribution is -2.47. The molecule has 2 heteroatoms. The van der Waals surface area contributed by atoms with Crippen LogP contribution < -0.4 is 0 Å². The Bertz CT molecular complexity index is 387. The van der Waals surface area contributed by atoms with Crippen molar-refractivity contribution in [3.05, 3.63) is 0 Å². The van der Waals surface area contributed by atoms with Gasteiger partial charge in [-0.05, 0) is 66.6 Å². The molecule has 0 radical (unpaired) electrons. The first kappa shape index (κ1) is 17.8. The second-order valence-corrected chi connectivity index (χ2v) is 8.89. The first-order chi connectivity index (χ1) is 10.3. The molecule has 22 heavy (non-hydrogen) atoms. The number of hydrogen-bond donors (Lipinski definition) is 0. The highest BCUT2D eigenvalue weighted by atomic mass is 16.5. The molecule has 0 aromatic heterocycles. The summed E-state index contributed by atoms with van der Waals surface area (Å²) in [5, 5.41) is 0. The fourth-order valence-electron chi connectivity index (χ4n) is 5.96. The Morgan fingerprint density at radius 3 is 2.64 bits per heavy atom. The lowest BCUT2D eigenvalue weighted by atomic mass is 9.50. The van der Waals surface area contributed by atoms with Crippen LogP contribution >= 0.6 is 0 Å². The molecule has 0 aromatic rings. The summed E-state index contributed by atoms with van der Waals surface area (Å²) in [5.41, 5.74) is 0.520. The third-order valence-corrected chi connectivity index (χ3v) is 7.13. The van der Waals surface area contributed by atoms with Crippen LogP contribution in [0.3, 0.4) is 0 Å². The Morgan fingerprint density at radius 1 is 1.32 bits per heavy atom. The Labute approximate surface area is 137 Å². The monoisotopic (exact) mass is 308 g/mol. The predicted molar refractivity (Wildman–Crippen MR) is 91.5 cm³/mol. The number of carbonyl (C=O) groups is 1. The molecule has 0 N–H and O–H groups in total. The van der Waals surface area contributed by atoms with Gasteiger partial charge in [0, 0.05) is 6.42 Å². The summed E-state index contributed by atoms with van der Waals surface area (Å²) >= 11 is 0. The summed E-state index contributed by atoms with van der Waals surface area (Å²) in [6.07, 6.45) is 7.16. The lowest BCUT2D eigenvalue weighted by Gasteiger charge is -2.55. The van der Waals surface area contributed by atoms with Crippen LogP contribution in [-0.4, -0.2) is 13.1 Å². The van der Waals surface area contributed by atoms with Crippen molar-refractivity contribution in [2.75, 3.05) is 7.11 Å². The second-order valence-electron chi connectivity index (χ2n) is 8.89. The fourth-order valence-corrected chi connectivity index (χ4v) is 5.96. The highest BCUT2D eigenvalue weighted by molar-refractivity contribution is 5.69. The highest BCUT2D eigenvalue weighted by Crippen LogP contribution is 2.56. The van der Waals surface area contributed by atoms with E-state index < -0.39 is 0 Å². The van der Waals surface area contributed by atoms with E-state index in [9.17, 15) is 4.79 Å². The zero-order valence-corrected chi connectivity index (χ0v) is 15.5. The largest absolute Gasteiger partial charge is 0.469 e. The number of fused-ring (bicyclic) bond motifs is 1. The minimum absolute atomic E-state index is 0.0559. The maximum atomic E-state index is 11.5. The van der Waals surface area contributed by atoms with E-state index >= 15 is 0 Å². The maximum absolute atomic E-state index is 11.5. The summed E-state index contributed by atoms with van der Waals surface area (Å²) in [6, 6.07) is 0. The van der Waals surface area contributed by atoms with Crippen LogP contribution in [0.15, 0.2) is 0 Å². The van der Waals surface area contributed by atoms with Gasteiger partial charge in [-0.1, -0.05) is 41.0 Å². The molecule has 0 amide bonds. The topological polar surface area (TPSA) is 26.3 Å². The Hall–Kier alpha value is -0.530. The van der Waals surface area contributed by atoms with Crippen LogP contribution in [0.2, 0.25) is 0 Å². The van der Waals surface area contributed by atoms with E-state index in [1.54, 1.807) is 0 Å². The summed E-state index contributed by atoms with van der Waals surface area (Å²) < 4.78 is 4.82. The molecule has 0 spiro atoms. The zero-order valence-electron chi connectivity index (χ0n) is 15.5. The highest BCUT2D eigenvalue weighted by Gasteiger charge is 2.48. The molecule has 2 nitrogen and oxygen atoms in total. The summed E-state index contributed by atoms with van der Waals surface area (Å²) in [4.78, 5) is 11.5. The molecule has 2 aliphatic carbocycles. The normalized spacial score (nSPS) is 38.9. The Kier molecular flexibility index (Phi) is 5.61. The molecule has 2 rings (SSSR count). The van der Waals surface area contributed by atoms with Gasteiger partial charge in [0.15, 0.2) is 0 Å². The van der Waals surface area contributed by atoms with Gasteiger partial charge in [0.2, 0.25) is 0 Å². The van der Waals surface area contributed by atoms with Gasteiger partial charge < -0.3 is 4.74 Å². The van der Waals surface area contributed by atoms with Gasteiger partial charge in [-0.15, -0.1) is 0 Å². The van der Waals surface area contributed by atoms with E-state index in [1.165, 1.54) is 32.8 Å². The lowest BCUT2D eigenvalue weighted by molar-refractivity contribution is -0.141. The van der Waals surface area contributed by atoms with Crippen molar-refractivity contribution < 1.29 is 9.53 Å². The molecule has 2 saturated carbocycles. The van der Waals surface area contributed by atoms with Crippen molar-refractivity contribution in [2.24, 2.45) is 40.9 Å². The summed E-state index contributed by atoms with van der Waals surface area (Å²) in [7, 11) is 1.49. The predicted octanol–water partition coefficient (Wildman–Crippen LogP) is 5.31. The van der Waals surface area contributed by atoms with E-state index in [0.717, 1.165) is 36.0 Å². The van der Waals surface area contributed by atoms with Crippen LogP contribution in [0.5, 0.6) is 0 Å². The van der Waals surface area contributed by atoms with E-state index in [-0.39, 0.29) is 5.97 Å². The second kappa shape index (κ2) is 6.93. The average Bonchev–Trinajstić information content (AvgIpc) is 2.45. The van der Waals surface area contributed by atoms with E-state index in [2.05, 4.69) is 34.6 Å².